The molecule has 1 aromatic rings. The van der Waals surface area contributed by atoms with E-state index >= 15 is 0 Å². The lowest BCUT2D eigenvalue weighted by Crippen LogP contribution is -2.53. The molecule has 1 aliphatic heterocycles. The summed E-state index contributed by atoms with van der Waals surface area (Å²) < 4.78 is 5.50. The average Bonchev–Trinajstić information content (AvgIpc) is 2.47. The summed E-state index contributed by atoms with van der Waals surface area (Å²) in [6.07, 6.45) is 1.45. The van der Waals surface area contributed by atoms with Crippen LogP contribution in [0.1, 0.15) is 24.0 Å². The number of nitrogens with one attached hydrogen (secondary N) is 2. The Morgan fingerprint density at radius 2 is 1.90 bits per heavy atom. The van der Waals surface area contributed by atoms with Crippen molar-refractivity contribution in [3.05, 3.63) is 35.4 Å². The van der Waals surface area contributed by atoms with Crippen LogP contribution in [0.3, 0.4) is 0 Å². The molecule has 1 heterocycles. The summed E-state index contributed by atoms with van der Waals surface area (Å²) >= 11 is 0. The second-order valence-electron chi connectivity index (χ2n) is 5.12. The van der Waals surface area contributed by atoms with Gasteiger partial charge in [-0.3, -0.25) is 4.79 Å². The Balaban J connectivity index is 0.00000200. The summed E-state index contributed by atoms with van der Waals surface area (Å²) in [5, 5.41) is 6.24. The average molecular weight is 299 g/mol. The highest BCUT2D eigenvalue weighted by Gasteiger charge is 2.39. The van der Waals surface area contributed by atoms with Crippen molar-refractivity contribution in [3.8, 4) is 0 Å². The largest absolute Gasteiger partial charge is 0.368 e. The van der Waals surface area contributed by atoms with Crippen molar-refractivity contribution in [3.63, 3.8) is 0 Å². The summed E-state index contributed by atoms with van der Waals surface area (Å²) in [5.74, 6) is -0.00271. The van der Waals surface area contributed by atoms with Crippen LogP contribution in [-0.4, -0.2) is 31.7 Å². The molecule has 0 saturated carbocycles. The van der Waals surface area contributed by atoms with Crippen LogP contribution in [0.25, 0.3) is 0 Å². The molecule has 1 fully saturated rings. The first kappa shape index (κ1) is 17.0. The molecule has 0 radical (unpaired) electrons. The number of piperidine rings is 1. The summed E-state index contributed by atoms with van der Waals surface area (Å²) in [4.78, 5) is 12.3. The van der Waals surface area contributed by atoms with Gasteiger partial charge in [-0.25, -0.2) is 0 Å². The van der Waals surface area contributed by atoms with E-state index in [0.29, 0.717) is 6.54 Å². The lowest BCUT2D eigenvalue weighted by Gasteiger charge is -2.34. The molecule has 20 heavy (non-hydrogen) atoms. The smallest absolute Gasteiger partial charge is 0.252 e. The van der Waals surface area contributed by atoms with Crippen LogP contribution in [0.4, 0.5) is 0 Å². The summed E-state index contributed by atoms with van der Waals surface area (Å²) in [6, 6.07) is 8.19. The highest BCUT2D eigenvalue weighted by atomic mass is 35.5. The van der Waals surface area contributed by atoms with Crippen LogP contribution >= 0.6 is 12.4 Å². The zero-order valence-corrected chi connectivity index (χ0v) is 12.9. The van der Waals surface area contributed by atoms with Gasteiger partial charge >= 0.3 is 0 Å². The van der Waals surface area contributed by atoms with Crippen molar-refractivity contribution in [1.29, 1.82) is 0 Å². The molecule has 112 valence electrons. The topological polar surface area (TPSA) is 50.4 Å². The van der Waals surface area contributed by atoms with Crippen LogP contribution < -0.4 is 10.6 Å². The highest BCUT2D eigenvalue weighted by Crippen LogP contribution is 2.22. The Morgan fingerprint density at radius 1 is 1.30 bits per heavy atom. The fourth-order valence-corrected chi connectivity index (χ4v) is 2.40. The third-order valence-electron chi connectivity index (χ3n) is 3.79. The Hall–Kier alpha value is -1.10. The molecule has 5 heteroatoms. The lowest BCUT2D eigenvalue weighted by atomic mass is 9.91. The minimum absolute atomic E-state index is 0. The number of rotatable bonds is 4. The van der Waals surface area contributed by atoms with Crippen LogP contribution in [0.15, 0.2) is 24.3 Å². The zero-order valence-electron chi connectivity index (χ0n) is 12.1. The highest BCUT2D eigenvalue weighted by molar-refractivity contribution is 5.85. The van der Waals surface area contributed by atoms with Gasteiger partial charge in [0.25, 0.3) is 5.91 Å². The van der Waals surface area contributed by atoms with Gasteiger partial charge in [-0.15, -0.1) is 12.4 Å². The SMILES string of the molecule is COC1(C(=O)NCc2ccc(C)cc2)CCNCC1.Cl. The number of hydrogen-bond donors (Lipinski definition) is 2. The maximum absolute atomic E-state index is 12.3. The van der Waals surface area contributed by atoms with E-state index < -0.39 is 5.60 Å². The molecule has 0 spiro atoms. The Labute approximate surface area is 126 Å². The number of halogens is 1. The standard InChI is InChI=1S/C15H22N2O2.ClH/c1-12-3-5-13(6-4-12)11-17-14(18)15(19-2)7-9-16-10-8-15;/h3-6,16H,7-11H2,1-2H3,(H,17,18);1H. The van der Waals surface area contributed by atoms with Crippen molar-refractivity contribution in [2.75, 3.05) is 20.2 Å². The maximum atomic E-state index is 12.3. The Morgan fingerprint density at radius 3 is 2.45 bits per heavy atom. The number of benzene rings is 1. The normalized spacial score (nSPS) is 17.1. The van der Waals surface area contributed by atoms with Crippen LogP contribution in [0, 0.1) is 6.92 Å². The van der Waals surface area contributed by atoms with E-state index in [2.05, 4.69) is 29.7 Å². The minimum atomic E-state index is -0.657. The van der Waals surface area contributed by atoms with Gasteiger partial charge in [0.05, 0.1) is 0 Å². The molecule has 0 atom stereocenters. The van der Waals surface area contributed by atoms with Gasteiger partial charge in [-0.1, -0.05) is 29.8 Å². The predicted molar refractivity (Wildman–Crippen MR) is 82.1 cm³/mol. The molecule has 1 amide bonds. The third-order valence-corrected chi connectivity index (χ3v) is 3.79. The van der Waals surface area contributed by atoms with Gasteiger partial charge in [0, 0.05) is 13.7 Å². The van der Waals surface area contributed by atoms with Gasteiger partial charge in [0.2, 0.25) is 0 Å². The second kappa shape index (κ2) is 7.62. The molecule has 0 unspecified atom stereocenters. The van der Waals surface area contributed by atoms with E-state index in [-0.39, 0.29) is 18.3 Å². The first-order chi connectivity index (χ1) is 9.16. The maximum Gasteiger partial charge on any atom is 0.252 e. The lowest BCUT2D eigenvalue weighted by molar-refractivity contribution is -0.146. The monoisotopic (exact) mass is 298 g/mol. The van der Waals surface area contributed by atoms with Gasteiger partial charge in [-0.2, -0.15) is 0 Å². The summed E-state index contributed by atoms with van der Waals surface area (Å²) in [5.41, 5.74) is 1.68. The fraction of sp³-hybridized carbons (Fsp3) is 0.533. The van der Waals surface area contributed by atoms with Gasteiger partial charge < -0.3 is 15.4 Å². The third kappa shape index (κ3) is 3.95. The van der Waals surface area contributed by atoms with E-state index in [0.717, 1.165) is 31.5 Å². The van der Waals surface area contributed by atoms with Crippen molar-refractivity contribution in [2.24, 2.45) is 0 Å². The van der Waals surface area contributed by atoms with Gasteiger partial charge in [-0.05, 0) is 38.4 Å². The number of methoxy groups -OCH3 is 1. The fourth-order valence-electron chi connectivity index (χ4n) is 2.40. The van der Waals surface area contributed by atoms with Gasteiger partial charge in [0.15, 0.2) is 0 Å². The van der Waals surface area contributed by atoms with E-state index in [1.807, 2.05) is 12.1 Å². The number of carbonyl (C=O) groups excluding carboxylic acids is 1. The summed E-state index contributed by atoms with van der Waals surface area (Å²) in [6.45, 7) is 4.26. The number of amides is 1. The van der Waals surface area contributed by atoms with Crippen LogP contribution in [0.5, 0.6) is 0 Å². The first-order valence-electron chi connectivity index (χ1n) is 6.76. The van der Waals surface area contributed by atoms with E-state index in [1.165, 1.54) is 5.56 Å². The van der Waals surface area contributed by atoms with E-state index in [1.54, 1.807) is 7.11 Å². The number of hydrogen-bond acceptors (Lipinski definition) is 3. The summed E-state index contributed by atoms with van der Waals surface area (Å²) in [7, 11) is 1.62. The number of ether oxygens (including phenoxy) is 1. The molecule has 1 saturated heterocycles. The minimum Gasteiger partial charge on any atom is -0.368 e. The molecule has 0 aromatic heterocycles. The Kier molecular flexibility index (Phi) is 6.46. The van der Waals surface area contributed by atoms with Crippen molar-refractivity contribution in [1.82, 2.24) is 10.6 Å². The van der Waals surface area contributed by atoms with Gasteiger partial charge in [0.1, 0.15) is 5.60 Å². The number of carbonyl (C=O) groups is 1. The molecule has 0 bridgehead atoms. The molecular weight excluding hydrogens is 276 g/mol. The molecule has 2 N–H and O–H groups in total. The Bertz CT molecular complexity index is 428. The van der Waals surface area contributed by atoms with Crippen LogP contribution in [0.2, 0.25) is 0 Å². The van der Waals surface area contributed by atoms with E-state index in [4.69, 9.17) is 4.74 Å². The van der Waals surface area contributed by atoms with Crippen LogP contribution in [-0.2, 0) is 16.1 Å². The quantitative estimate of drug-likeness (QED) is 0.891. The molecule has 4 nitrogen and oxygen atoms in total. The second-order valence-corrected chi connectivity index (χ2v) is 5.12. The zero-order chi connectivity index (χ0) is 13.7. The predicted octanol–water partition coefficient (Wildman–Crippen LogP) is 1.80. The molecule has 1 aliphatic rings. The van der Waals surface area contributed by atoms with E-state index in [9.17, 15) is 4.79 Å². The molecule has 0 aliphatic carbocycles. The molecule has 1 aromatic carbocycles. The molecule has 2 rings (SSSR count). The number of aryl methyl sites for hydroxylation is 1. The van der Waals surface area contributed by atoms with Crippen molar-refractivity contribution >= 4 is 18.3 Å². The first-order valence-corrected chi connectivity index (χ1v) is 6.76. The molecular formula is C15H23ClN2O2. The van der Waals surface area contributed by atoms with Crippen molar-refractivity contribution < 1.29 is 9.53 Å². The van der Waals surface area contributed by atoms with Crippen molar-refractivity contribution in [2.45, 2.75) is 31.9 Å².